The molecule has 1 atom stereocenters. The molecule has 0 bridgehead atoms. The van der Waals surface area contributed by atoms with Crippen molar-refractivity contribution in [3.8, 4) is 0 Å². The molecule has 0 aliphatic carbocycles. The standard InChI is InChI=1S/C24H20ClN3O2S/c1-28-23(30)19-9-5-6-10-20(19)26-24(28)31-15-21(29)27-22(16-7-3-2-4-8-16)17-11-13-18(25)14-12-17/h2-14,22H,15H2,1H3,(H,27,29). The topological polar surface area (TPSA) is 64.0 Å². The van der Waals surface area contributed by atoms with Gasteiger partial charge in [-0.1, -0.05) is 78.0 Å². The number of nitrogens with zero attached hydrogens (tertiary/aromatic N) is 2. The quantitative estimate of drug-likeness (QED) is 0.345. The Balaban J connectivity index is 1.54. The van der Waals surface area contributed by atoms with Gasteiger partial charge in [-0.25, -0.2) is 4.98 Å². The Morgan fingerprint density at radius 3 is 2.39 bits per heavy atom. The lowest BCUT2D eigenvalue weighted by molar-refractivity contribution is -0.119. The summed E-state index contributed by atoms with van der Waals surface area (Å²) in [6.07, 6.45) is 0. The van der Waals surface area contributed by atoms with Gasteiger partial charge in [0.2, 0.25) is 5.91 Å². The molecular weight excluding hydrogens is 430 g/mol. The molecule has 7 heteroatoms. The number of carbonyl (C=O) groups is 1. The van der Waals surface area contributed by atoms with Crippen molar-refractivity contribution >= 4 is 40.2 Å². The van der Waals surface area contributed by atoms with Gasteiger partial charge in [0.25, 0.3) is 5.56 Å². The molecule has 1 unspecified atom stereocenters. The Labute approximate surface area is 189 Å². The van der Waals surface area contributed by atoms with Gasteiger partial charge in [0.15, 0.2) is 5.16 Å². The molecule has 0 spiro atoms. The zero-order chi connectivity index (χ0) is 21.8. The molecule has 0 radical (unpaired) electrons. The van der Waals surface area contributed by atoms with E-state index in [-0.39, 0.29) is 23.3 Å². The summed E-state index contributed by atoms with van der Waals surface area (Å²) in [7, 11) is 1.67. The predicted molar refractivity (Wildman–Crippen MR) is 126 cm³/mol. The van der Waals surface area contributed by atoms with E-state index in [1.807, 2.05) is 66.7 Å². The Kier molecular flexibility index (Phi) is 6.39. The summed E-state index contributed by atoms with van der Waals surface area (Å²) in [6.45, 7) is 0. The van der Waals surface area contributed by atoms with Crippen LogP contribution >= 0.6 is 23.4 Å². The minimum Gasteiger partial charge on any atom is -0.344 e. The summed E-state index contributed by atoms with van der Waals surface area (Å²) in [5.74, 6) is -0.0218. The molecule has 0 aliphatic rings. The smallest absolute Gasteiger partial charge is 0.261 e. The molecule has 0 fully saturated rings. The molecule has 0 saturated carbocycles. The number of aromatic nitrogens is 2. The maximum Gasteiger partial charge on any atom is 0.261 e. The molecule has 4 rings (SSSR count). The Morgan fingerprint density at radius 2 is 1.65 bits per heavy atom. The highest BCUT2D eigenvalue weighted by Gasteiger charge is 2.18. The first-order valence-electron chi connectivity index (χ1n) is 9.71. The molecule has 0 saturated heterocycles. The maximum atomic E-state index is 12.8. The van der Waals surface area contributed by atoms with Crippen LogP contribution in [0.2, 0.25) is 5.02 Å². The van der Waals surface area contributed by atoms with Gasteiger partial charge in [-0.05, 0) is 35.4 Å². The number of fused-ring (bicyclic) bond motifs is 1. The first kappa shape index (κ1) is 21.2. The van der Waals surface area contributed by atoms with E-state index in [0.717, 1.165) is 11.1 Å². The summed E-state index contributed by atoms with van der Waals surface area (Å²) < 4.78 is 1.48. The largest absolute Gasteiger partial charge is 0.344 e. The number of hydrogen-bond donors (Lipinski definition) is 1. The van der Waals surface area contributed by atoms with E-state index in [1.54, 1.807) is 19.2 Å². The van der Waals surface area contributed by atoms with E-state index < -0.39 is 0 Å². The predicted octanol–water partition coefficient (Wildman–Crippen LogP) is 4.58. The first-order chi connectivity index (χ1) is 15.0. The minimum atomic E-state index is -0.306. The van der Waals surface area contributed by atoms with Gasteiger partial charge >= 0.3 is 0 Å². The average Bonchev–Trinajstić information content (AvgIpc) is 2.80. The molecule has 1 N–H and O–H groups in total. The van der Waals surface area contributed by atoms with Gasteiger partial charge in [-0.3, -0.25) is 14.2 Å². The SMILES string of the molecule is Cn1c(SCC(=O)NC(c2ccccc2)c2ccc(Cl)cc2)nc2ccccc2c1=O. The number of hydrogen-bond acceptors (Lipinski definition) is 4. The van der Waals surface area contributed by atoms with Crippen LogP contribution in [0.5, 0.6) is 0 Å². The zero-order valence-corrected chi connectivity index (χ0v) is 18.4. The van der Waals surface area contributed by atoms with Gasteiger partial charge in [-0.15, -0.1) is 0 Å². The fourth-order valence-electron chi connectivity index (χ4n) is 3.32. The summed E-state index contributed by atoms with van der Waals surface area (Å²) in [5.41, 5.74) is 2.40. The minimum absolute atomic E-state index is 0.128. The number of rotatable bonds is 6. The van der Waals surface area contributed by atoms with Gasteiger partial charge < -0.3 is 5.32 Å². The fourth-order valence-corrected chi connectivity index (χ4v) is 4.23. The lowest BCUT2D eigenvalue weighted by atomic mass is 9.99. The monoisotopic (exact) mass is 449 g/mol. The maximum absolute atomic E-state index is 12.8. The van der Waals surface area contributed by atoms with Crippen molar-refractivity contribution < 1.29 is 4.79 Å². The van der Waals surface area contributed by atoms with E-state index in [2.05, 4.69) is 10.3 Å². The van der Waals surface area contributed by atoms with Crippen LogP contribution in [0, 0.1) is 0 Å². The highest BCUT2D eigenvalue weighted by atomic mass is 35.5. The van der Waals surface area contributed by atoms with E-state index >= 15 is 0 Å². The second-order valence-electron chi connectivity index (χ2n) is 7.03. The first-order valence-corrected chi connectivity index (χ1v) is 11.1. The number of amides is 1. The third-order valence-corrected chi connectivity index (χ3v) is 6.20. The number of para-hydroxylation sites is 1. The number of nitrogens with one attached hydrogen (secondary N) is 1. The van der Waals surface area contributed by atoms with Crippen LogP contribution < -0.4 is 10.9 Å². The molecule has 1 heterocycles. The number of benzene rings is 3. The van der Waals surface area contributed by atoms with Crippen molar-refractivity contribution in [2.24, 2.45) is 7.05 Å². The Hall–Kier alpha value is -3.09. The van der Waals surface area contributed by atoms with Gasteiger partial charge in [0, 0.05) is 12.1 Å². The van der Waals surface area contributed by atoms with E-state index in [9.17, 15) is 9.59 Å². The van der Waals surface area contributed by atoms with Crippen molar-refractivity contribution in [2.75, 3.05) is 5.75 Å². The van der Waals surface area contributed by atoms with Crippen molar-refractivity contribution in [3.05, 3.63) is 105 Å². The summed E-state index contributed by atoms with van der Waals surface area (Å²) in [5, 5.41) is 4.79. The second-order valence-corrected chi connectivity index (χ2v) is 8.41. The highest BCUT2D eigenvalue weighted by Crippen LogP contribution is 2.24. The number of carbonyl (C=O) groups excluding carboxylic acids is 1. The molecule has 1 amide bonds. The normalized spacial score (nSPS) is 11.9. The fraction of sp³-hybridized carbons (Fsp3) is 0.125. The third-order valence-electron chi connectivity index (χ3n) is 4.92. The van der Waals surface area contributed by atoms with Crippen LogP contribution in [-0.2, 0) is 11.8 Å². The number of thioether (sulfide) groups is 1. The van der Waals surface area contributed by atoms with Crippen molar-refractivity contribution in [3.63, 3.8) is 0 Å². The van der Waals surface area contributed by atoms with Gasteiger partial charge in [0.1, 0.15) is 0 Å². The average molecular weight is 450 g/mol. The van der Waals surface area contributed by atoms with Crippen LogP contribution in [0.4, 0.5) is 0 Å². The Bertz CT molecular complexity index is 1270. The Morgan fingerprint density at radius 1 is 1.00 bits per heavy atom. The molecule has 31 heavy (non-hydrogen) atoms. The van der Waals surface area contributed by atoms with Crippen molar-refractivity contribution in [2.45, 2.75) is 11.2 Å². The van der Waals surface area contributed by atoms with E-state index in [1.165, 1.54) is 16.3 Å². The molecular formula is C24H20ClN3O2S. The third kappa shape index (κ3) is 4.81. The molecule has 5 nitrogen and oxygen atoms in total. The summed E-state index contributed by atoms with van der Waals surface area (Å²) in [4.78, 5) is 29.9. The van der Waals surface area contributed by atoms with Crippen LogP contribution in [-0.4, -0.2) is 21.2 Å². The molecule has 3 aromatic carbocycles. The van der Waals surface area contributed by atoms with Crippen LogP contribution in [0.15, 0.2) is 88.8 Å². The van der Waals surface area contributed by atoms with E-state index in [4.69, 9.17) is 11.6 Å². The van der Waals surface area contributed by atoms with Crippen LogP contribution in [0.3, 0.4) is 0 Å². The second kappa shape index (κ2) is 9.37. The molecule has 1 aromatic heterocycles. The van der Waals surface area contributed by atoms with Crippen molar-refractivity contribution in [1.82, 2.24) is 14.9 Å². The lowest BCUT2D eigenvalue weighted by Gasteiger charge is -2.20. The lowest BCUT2D eigenvalue weighted by Crippen LogP contribution is -2.31. The van der Waals surface area contributed by atoms with Gasteiger partial charge in [-0.2, -0.15) is 0 Å². The van der Waals surface area contributed by atoms with Crippen LogP contribution in [0.25, 0.3) is 10.9 Å². The molecule has 156 valence electrons. The highest BCUT2D eigenvalue weighted by molar-refractivity contribution is 7.99. The number of halogens is 1. The van der Waals surface area contributed by atoms with Crippen molar-refractivity contribution in [1.29, 1.82) is 0 Å². The molecule has 0 aliphatic heterocycles. The summed E-state index contributed by atoms with van der Waals surface area (Å²) in [6, 6.07) is 24.1. The summed E-state index contributed by atoms with van der Waals surface area (Å²) >= 11 is 7.27. The van der Waals surface area contributed by atoms with E-state index in [0.29, 0.717) is 21.1 Å². The zero-order valence-electron chi connectivity index (χ0n) is 16.8. The molecule has 4 aromatic rings. The van der Waals surface area contributed by atoms with Crippen LogP contribution in [0.1, 0.15) is 17.2 Å². The van der Waals surface area contributed by atoms with Gasteiger partial charge in [0.05, 0.1) is 22.7 Å².